The molecule has 0 amide bonds. The van der Waals surface area contributed by atoms with E-state index in [2.05, 4.69) is 36.4 Å². The van der Waals surface area contributed by atoms with Crippen molar-refractivity contribution in [3.63, 3.8) is 0 Å². The van der Waals surface area contributed by atoms with E-state index in [-0.39, 0.29) is 12.2 Å². The summed E-state index contributed by atoms with van der Waals surface area (Å²) in [4.78, 5) is 0. The van der Waals surface area contributed by atoms with Crippen molar-refractivity contribution in [2.45, 2.75) is 36.8 Å². The lowest BCUT2D eigenvalue weighted by molar-refractivity contribution is -0.275. The lowest BCUT2D eigenvalue weighted by Gasteiger charge is -2.40. The first-order valence-corrected chi connectivity index (χ1v) is 9.99. The maximum Gasteiger partial charge on any atom is 0.188 e. The van der Waals surface area contributed by atoms with Gasteiger partial charge in [-0.25, -0.2) is 0 Å². The summed E-state index contributed by atoms with van der Waals surface area (Å²) in [6.07, 6.45) is -0.0417. The molecule has 0 spiro atoms. The van der Waals surface area contributed by atoms with Gasteiger partial charge in [0.15, 0.2) is 12.6 Å². The number of rotatable bonds is 6. The molecular formula is C25H24O4. The number of methoxy groups -OCH3 is 1. The van der Waals surface area contributed by atoms with Crippen molar-refractivity contribution in [1.82, 2.24) is 0 Å². The van der Waals surface area contributed by atoms with Gasteiger partial charge in [-0.3, -0.25) is 0 Å². The molecule has 148 valence electrons. The topological polar surface area (TPSA) is 40.2 Å². The highest BCUT2D eigenvalue weighted by atomic mass is 16.8. The summed E-state index contributed by atoms with van der Waals surface area (Å²) in [5, 5.41) is 0. The van der Waals surface area contributed by atoms with Crippen LogP contribution in [0, 0.1) is 0 Å². The third kappa shape index (κ3) is 3.38. The second-order valence-electron chi connectivity index (χ2n) is 7.44. The van der Waals surface area contributed by atoms with Crippen molar-refractivity contribution in [2.24, 2.45) is 0 Å². The molecule has 2 fully saturated rings. The second kappa shape index (κ2) is 7.73. The van der Waals surface area contributed by atoms with Crippen LogP contribution in [0.1, 0.15) is 23.1 Å². The molecule has 0 aliphatic carbocycles. The fraction of sp³-hybridized carbons (Fsp3) is 0.280. The Bertz CT molecular complexity index is 832. The van der Waals surface area contributed by atoms with Gasteiger partial charge < -0.3 is 18.9 Å². The number of epoxide rings is 1. The first-order chi connectivity index (χ1) is 14.3. The molecule has 29 heavy (non-hydrogen) atoms. The molecule has 0 aromatic heterocycles. The Balaban J connectivity index is 1.64. The molecule has 0 saturated carbocycles. The largest absolute Gasteiger partial charge is 0.364 e. The normalized spacial score (nSPS) is 26.0. The monoisotopic (exact) mass is 388 g/mol. The highest BCUT2D eigenvalue weighted by molar-refractivity contribution is 5.47. The smallest absolute Gasteiger partial charge is 0.188 e. The lowest BCUT2D eigenvalue weighted by Crippen LogP contribution is -2.43. The zero-order valence-electron chi connectivity index (χ0n) is 16.3. The van der Waals surface area contributed by atoms with Gasteiger partial charge in [-0.05, 0) is 16.7 Å². The Morgan fingerprint density at radius 1 is 0.724 bits per heavy atom. The molecule has 2 aliphatic heterocycles. The van der Waals surface area contributed by atoms with Crippen LogP contribution in [-0.4, -0.2) is 31.9 Å². The van der Waals surface area contributed by atoms with Crippen molar-refractivity contribution in [2.75, 3.05) is 7.11 Å². The number of ether oxygens (including phenoxy) is 4. The van der Waals surface area contributed by atoms with Gasteiger partial charge >= 0.3 is 0 Å². The van der Waals surface area contributed by atoms with E-state index in [1.54, 1.807) is 7.11 Å². The van der Waals surface area contributed by atoms with E-state index in [4.69, 9.17) is 18.9 Å². The van der Waals surface area contributed by atoms with E-state index in [0.29, 0.717) is 6.42 Å². The summed E-state index contributed by atoms with van der Waals surface area (Å²) in [5.41, 5.74) is 2.34. The molecule has 5 rings (SSSR count). The quantitative estimate of drug-likeness (QED) is 0.461. The zero-order chi connectivity index (χ0) is 19.7. The standard InChI is InChI=1S/C25H24O4/c1-26-24-23-21(27-23)17-22(28-24)29-25(18-11-5-2-6-12-18,19-13-7-3-8-14-19)20-15-9-4-10-16-20/h2-16,21-24H,17H2,1H3/t21-,22+,23?,24-/m0/s1. The Hall–Kier alpha value is -2.50. The average Bonchev–Trinajstić information content (AvgIpc) is 3.58. The summed E-state index contributed by atoms with van der Waals surface area (Å²) < 4.78 is 24.2. The molecule has 4 heteroatoms. The van der Waals surface area contributed by atoms with Crippen LogP contribution in [0.2, 0.25) is 0 Å². The lowest BCUT2D eigenvalue weighted by atomic mass is 9.80. The molecule has 3 aromatic rings. The average molecular weight is 388 g/mol. The van der Waals surface area contributed by atoms with Crippen LogP contribution in [0.4, 0.5) is 0 Å². The molecule has 0 bridgehead atoms. The van der Waals surface area contributed by atoms with Gasteiger partial charge in [0.25, 0.3) is 0 Å². The SMILES string of the molecule is CO[C@H]1O[C@H](OC(c2ccccc2)(c2ccccc2)c2ccccc2)C[C@@H]2OC12. The van der Waals surface area contributed by atoms with E-state index in [9.17, 15) is 0 Å². The number of hydrogen-bond donors (Lipinski definition) is 0. The van der Waals surface area contributed by atoms with Crippen molar-refractivity contribution < 1.29 is 18.9 Å². The van der Waals surface area contributed by atoms with Crippen molar-refractivity contribution in [3.8, 4) is 0 Å². The van der Waals surface area contributed by atoms with Crippen LogP contribution in [0.5, 0.6) is 0 Å². The predicted octanol–water partition coefficient (Wildman–Crippen LogP) is 4.48. The van der Waals surface area contributed by atoms with Gasteiger partial charge in [-0.2, -0.15) is 0 Å². The minimum Gasteiger partial charge on any atom is -0.364 e. The number of benzene rings is 3. The van der Waals surface area contributed by atoms with E-state index in [1.807, 2.05) is 54.6 Å². The Morgan fingerprint density at radius 3 is 1.66 bits per heavy atom. The van der Waals surface area contributed by atoms with Crippen LogP contribution >= 0.6 is 0 Å². The Morgan fingerprint density at radius 2 is 1.21 bits per heavy atom. The van der Waals surface area contributed by atoms with Gasteiger partial charge in [0.2, 0.25) is 0 Å². The molecule has 4 atom stereocenters. The van der Waals surface area contributed by atoms with Crippen LogP contribution < -0.4 is 0 Å². The number of hydrogen-bond acceptors (Lipinski definition) is 4. The maximum atomic E-state index is 6.88. The van der Waals surface area contributed by atoms with Gasteiger partial charge in [-0.15, -0.1) is 0 Å². The minimum absolute atomic E-state index is 0.0134. The molecule has 4 nitrogen and oxygen atoms in total. The molecule has 2 saturated heterocycles. The van der Waals surface area contributed by atoms with Crippen LogP contribution in [0.15, 0.2) is 91.0 Å². The second-order valence-corrected chi connectivity index (χ2v) is 7.44. The van der Waals surface area contributed by atoms with Gasteiger partial charge in [-0.1, -0.05) is 91.0 Å². The van der Waals surface area contributed by atoms with Gasteiger partial charge in [0.1, 0.15) is 11.7 Å². The van der Waals surface area contributed by atoms with Gasteiger partial charge in [0, 0.05) is 13.5 Å². The molecule has 2 aliphatic rings. The third-order valence-corrected chi connectivity index (χ3v) is 5.68. The van der Waals surface area contributed by atoms with E-state index in [0.717, 1.165) is 16.7 Å². The summed E-state index contributed by atoms with van der Waals surface area (Å²) in [5.74, 6) is 0. The fourth-order valence-electron chi connectivity index (χ4n) is 4.24. The van der Waals surface area contributed by atoms with E-state index < -0.39 is 18.2 Å². The van der Waals surface area contributed by atoms with Gasteiger partial charge in [0.05, 0.1) is 6.10 Å². The highest BCUT2D eigenvalue weighted by Crippen LogP contribution is 2.45. The summed E-state index contributed by atoms with van der Waals surface area (Å²) >= 11 is 0. The molecule has 2 heterocycles. The van der Waals surface area contributed by atoms with Crippen LogP contribution in [-0.2, 0) is 24.5 Å². The summed E-state index contributed by atoms with van der Waals surface area (Å²) in [7, 11) is 1.64. The highest BCUT2D eigenvalue weighted by Gasteiger charge is 2.54. The van der Waals surface area contributed by atoms with Crippen molar-refractivity contribution in [1.29, 1.82) is 0 Å². The predicted molar refractivity (Wildman–Crippen MR) is 109 cm³/mol. The van der Waals surface area contributed by atoms with Crippen molar-refractivity contribution in [3.05, 3.63) is 108 Å². The van der Waals surface area contributed by atoms with Crippen molar-refractivity contribution >= 4 is 0 Å². The Kier molecular flexibility index (Phi) is 4.94. The molecule has 1 unspecified atom stereocenters. The summed E-state index contributed by atoms with van der Waals surface area (Å²) in [6, 6.07) is 30.9. The fourth-order valence-corrected chi connectivity index (χ4v) is 4.24. The molecule has 0 N–H and O–H groups in total. The molecule has 0 radical (unpaired) electrons. The van der Waals surface area contributed by atoms with E-state index >= 15 is 0 Å². The zero-order valence-corrected chi connectivity index (χ0v) is 16.3. The van der Waals surface area contributed by atoms with Crippen LogP contribution in [0.3, 0.4) is 0 Å². The first kappa shape index (κ1) is 18.5. The number of fused-ring (bicyclic) bond motifs is 1. The third-order valence-electron chi connectivity index (χ3n) is 5.68. The van der Waals surface area contributed by atoms with Crippen LogP contribution in [0.25, 0.3) is 0 Å². The maximum absolute atomic E-state index is 6.88. The first-order valence-electron chi connectivity index (χ1n) is 9.99. The molecule has 3 aromatic carbocycles. The summed E-state index contributed by atoms with van der Waals surface area (Å²) in [6.45, 7) is 0. The molecular weight excluding hydrogens is 364 g/mol. The Labute approximate surface area is 171 Å². The van der Waals surface area contributed by atoms with E-state index in [1.165, 1.54) is 0 Å². The minimum atomic E-state index is -0.811.